The van der Waals surface area contributed by atoms with Crippen LogP contribution in [0.3, 0.4) is 0 Å². The van der Waals surface area contributed by atoms with E-state index in [9.17, 15) is 14.4 Å². The average Bonchev–Trinajstić information content (AvgIpc) is 3.34. The number of likely N-dealkylation sites (tertiary alicyclic amines) is 1. The molecule has 6 nitrogen and oxygen atoms in total. The van der Waals surface area contributed by atoms with Crippen LogP contribution in [0.25, 0.3) is 5.57 Å². The van der Waals surface area contributed by atoms with Crippen molar-refractivity contribution < 1.29 is 23.9 Å². The second-order valence-electron chi connectivity index (χ2n) is 9.25. The van der Waals surface area contributed by atoms with Crippen molar-refractivity contribution in [1.29, 1.82) is 0 Å². The van der Waals surface area contributed by atoms with E-state index in [1.165, 1.54) is 37.1 Å². The van der Waals surface area contributed by atoms with E-state index >= 15 is 0 Å². The van der Waals surface area contributed by atoms with Gasteiger partial charge in [0.1, 0.15) is 10.3 Å². The topological polar surface area (TPSA) is 72.9 Å². The zero-order valence-corrected chi connectivity index (χ0v) is 22.6. The Kier molecular flexibility index (Phi) is 7.85. The summed E-state index contributed by atoms with van der Waals surface area (Å²) in [5.74, 6) is 0.208. The number of methoxy groups -OCH3 is 2. The van der Waals surface area contributed by atoms with Gasteiger partial charge >= 0.3 is 5.97 Å². The van der Waals surface area contributed by atoms with Gasteiger partial charge in [0.15, 0.2) is 0 Å². The van der Waals surface area contributed by atoms with E-state index in [0.717, 1.165) is 16.9 Å². The van der Waals surface area contributed by atoms with Crippen molar-refractivity contribution in [3.05, 3.63) is 77.5 Å². The molecule has 1 aliphatic carbocycles. The van der Waals surface area contributed by atoms with E-state index < -0.39 is 16.1 Å². The smallest absolute Gasteiger partial charge is 0.341 e. The van der Waals surface area contributed by atoms with Crippen LogP contribution < -0.4 is 0 Å². The first kappa shape index (κ1) is 26.4. The van der Waals surface area contributed by atoms with Gasteiger partial charge in [-0.05, 0) is 29.4 Å². The molecule has 1 saturated heterocycles. The number of carbonyl (C=O) groups is 3. The van der Waals surface area contributed by atoms with Gasteiger partial charge < -0.3 is 9.47 Å². The Morgan fingerprint density at radius 1 is 1.08 bits per heavy atom. The summed E-state index contributed by atoms with van der Waals surface area (Å²) in [5, 5.41) is 0. The molecule has 0 bridgehead atoms. The van der Waals surface area contributed by atoms with Crippen molar-refractivity contribution in [2.24, 2.45) is 11.3 Å². The van der Waals surface area contributed by atoms with E-state index in [4.69, 9.17) is 9.47 Å². The Morgan fingerprint density at radius 2 is 1.78 bits per heavy atom. The third-order valence-corrected chi connectivity index (χ3v) is 9.88. The summed E-state index contributed by atoms with van der Waals surface area (Å²) >= 11 is 3.18. The second kappa shape index (κ2) is 10.7. The Hall–Kier alpha value is -2.71. The summed E-state index contributed by atoms with van der Waals surface area (Å²) in [5.41, 5.74) is 2.58. The molecule has 2 fully saturated rings. The summed E-state index contributed by atoms with van der Waals surface area (Å²) in [4.78, 5) is 41.2. The van der Waals surface area contributed by atoms with E-state index in [1.54, 1.807) is 11.8 Å². The van der Waals surface area contributed by atoms with Gasteiger partial charge in [0, 0.05) is 23.5 Å². The summed E-state index contributed by atoms with van der Waals surface area (Å²) in [6.07, 6.45) is 4.02. The Morgan fingerprint density at radius 3 is 2.44 bits per heavy atom. The zero-order valence-electron chi connectivity index (χ0n) is 21.0. The molecule has 0 spiro atoms. The van der Waals surface area contributed by atoms with Crippen molar-refractivity contribution in [3.8, 4) is 0 Å². The first-order valence-corrected chi connectivity index (χ1v) is 14.2. The van der Waals surface area contributed by atoms with Crippen LogP contribution in [0.2, 0.25) is 0 Å². The predicted molar refractivity (Wildman–Crippen MR) is 144 cm³/mol. The number of carbonyl (C=O) groups excluding carboxylic acids is 3. The first-order valence-electron chi connectivity index (χ1n) is 11.8. The maximum atomic E-state index is 13.9. The number of hydrogen-bond acceptors (Lipinski definition) is 7. The largest absolute Gasteiger partial charge is 0.503 e. The van der Waals surface area contributed by atoms with Crippen molar-refractivity contribution in [3.63, 3.8) is 0 Å². The molecule has 1 heterocycles. The standard InChI is InChI=1S/C28H31NO5S2/c1-27(18-35-4)23-24(30)29(15-14-19-10-6-5-7-11-19)26(32)28(23,27)36-17-20-12-8-9-13-21(20)22(16-33-2)25(31)34-3/h5-13,16,23H,14-15,17-18H2,1-4H3. The molecule has 2 aromatic carbocycles. The lowest BCUT2D eigenvalue weighted by molar-refractivity contribution is -0.142. The monoisotopic (exact) mass is 525 g/mol. The molecule has 2 aliphatic rings. The van der Waals surface area contributed by atoms with E-state index in [2.05, 4.69) is 6.92 Å². The van der Waals surface area contributed by atoms with Crippen molar-refractivity contribution in [1.82, 2.24) is 4.90 Å². The van der Waals surface area contributed by atoms with Crippen LogP contribution in [-0.4, -0.2) is 60.2 Å². The molecule has 8 heteroatoms. The number of ether oxygens (including phenoxy) is 2. The molecule has 2 amide bonds. The van der Waals surface area contributed by atoms with Gasteiger partial charge in [0.25, 0.3) is 0 Å². The molecular weight excluding hydrogens is 494 g/mol. The molecule has 3 unspecified atom stereocenters. The van der Waals surface area contributed by atoms with Gasteiger partial charge in [-0.15, -0.1) is 11.8 Å². The molecule has 4 rings (SSSR count). The minimum atomic E-state index is -0.798. The third-order valence-electron chi connectivity index (χ3n) is 7.20. The maximum absolute atomic E-state index is 13.9. The number of fused-ring (bicyclic) bond motifs is 1. The lowest BCUT2D eigenvalue weighted by Gasteiger charge is -2.27. The number of amides is 2. The maximum Gasteiger partial charge on any atom is 0.341 e. The zero-order chi connectivity index (χ0) is 25.9. The minimum absolute atomic E-state index is 0.0669. The van der Waals surface area contributed by atoms with Gasteiger partial charge in [0.2, 0.25) is 11.8 Å². The van der Waals surface area contributed by atoms with Crippen LogP contribution in [0.1, 0.15) is 23.6 Å². The predicted octanol–water partition coefficient (Wildman–Crippen LogP) is 4.43. The minimum Gasteiger partial charge on any atom is -0.503 e. The normalized spacial score (nSPS) is 25.1. The SMILES string of the molecule is COC=C(C(=O)OC)c1ccccc1CSC12C(=O)N(CCc3ccccc3)C(=O)C1C2(C)CSC. The van der Waals surface area contributed by atoms with Gasteiger partial charge in [-0.1, -0.05) is 61.5 Å². The molecule has 0 aromatic heterocycles. The van der Waals surface area contributed by atoms with Crippen LogP contribution >= 0.6 is 23.5 Å². The Bertz CT molecular complexity index is 1180. The van der Waals surface area contributed by atoms with Crippen LogP contribution in [0.4, 0.5) is 0 Å². The van der Waals surface area contributed by atoms with Crippen LogP contribution in [0.15, 0.2) is 60.9 Å². The third kappa shape index (κ3) is 4.34. The number of rotatable bonds is 11. The van der Waals surface area contributed by atoms with Crippen molar-refractivity contribution in [2.75, 3.05) is 32.8 Å². The summed E-state index contributed by atoms with van der Waals surface area (Å²) in [6, 6.07) is 17.4. The molecule has 0 radical (unpaired) electrons. The highest BCUT2D eigenvalue weighted by molar-refractivity contribution is 8.01. The Balaban J connectivity index is 1.59. The summed E-state index contributed by atoms with van der Waals surface area (Å²) in [7, 11) is 2.81. The van der Waals surface area contributed by atoms with Crippen LogP contribution in [-0.2, 0) is 36.0 Å². The summed E-state index contributed by atoms with van der Waals surface area (Å²) < 4.78 is 9.29. The highest BCUT2D eigenvalue weighted by Crippen LogP contribution is 2.74. The molecule has 1 aliphatic heterocycles. The number of esters is 1. The van der Waals surface area contributed by atoms with Gasteiger partial charge in [-0.2, -0.15) is 11.8 Å². The highest BCUT2D eigenvalue weighted by Gasteiger charge is 2.85. The fourth-order valence-corrected chi connectivity index (χ4v) is 8.30. The van der Waals surface area contributed by atoms with E-state index in [-0.39, 0.29) is 17.7 Å². The quantitative estimate of drug-likeness (QED) is 0.186. The molecule has 36 heavy (non-hydrogen) atoms. The van der Waals surface area contributed by atoms with E-state index in [0.29, 0.717) is 29.9 Å². The average molecular weight is 526 g/mol. The fourth-order valence-electron chi connectivity index (χ4n) is 5.36. The van der Waals surface area contributed by atoms with Gasteiger partial charge in [-0.25, -0.2) is 4.79 Å². The molecule has 2 aromatic rings. The number of imide groups is 1. The molecule has 0 N–H and O–H groups in total. The van der Waals surface area contributed by atoms with Gasteiger partial charge in [0.05, 0.1) is 26.4 Å². The first-order chi connectivity index (χ1) is 17.4. The second-order valence-corrected chi connectivity index (χ2v) is 11.3. The summed E-state index contributed by atoms with van der Waals surface area (Å²) in [6.45, 7) is 2.44. The van der Waals surface area contributed by atoms with Crippen molar-refractivity contribution >= 4 is 46.9 Å². The molecule has 190 valence electrons. The van der Waals surface area contributed by atoms with Crippen LogP contribution in [0, 0.1) is 11.3 Å². The number of nitrogens with zero attached hydrogens (tertiary/aromatic N) is 1. The number of piperidine rings is 1. The molecule has 1 saturated carbocycles. The highest BCUT2D eigenvalue weighted by atomic mass is 32.2. The fraction of sp³-hybridized carbons (Fsp3) is 0.393. The molecular formula is C28H31NO5S2. The lowest BCUT2D eigenvalue weighted by Crippen LogP contribution is -2.43. The Labute approximate surface area is 220 Å². The van der Waals surface area contributed by atoms with Crippen LogP contribution in [0.5, 0.6) is 0 Å². The lowest BCUT2D eigenvalue weighted by atomic mass is 10.0. The van der Waals surface area contributed by atoms with Crippen molar-refractivity contribution in [2.45, 2.75) is 23.8 Å². The van der Waals surface area contributed by atoms with E-state index in [1.807, 2.05) is 60.9 Å². The van der Waals surface area contributed by atoms with Gasteiger partial charge in [-0.3, -0.25) is 14.5 Å². The number of thioether (sulfide) groups is 2. The number of benzene rings is 2. The molecule has 3 atom stereocenters. The number of hydrogen-bond donors (Lipinski definition) is 0.